The van der Waals surface area contributed by atoms with E-state index in [0.29, 0.717) is 6.04 Å². The molecule has 1 fully saturated rings. The summed E-state index contributed by atoms with van der Waals surface area (Å²) in [4.78, 5) is 4.31. The highest BCUT2D eigenvalue weighted by Gasteiger charge is 2.23. The van der Waals surface area contributed by atoms with Crippen LogP contribution in [0.2, 0.25) is 0 Å². The van der Waals surface area contributed by atoms with Gasteiger partial charge < -0.3 is 10.4 Å². The summed E-state index contributed by atoms with van der Waals surface area (Å²) in [5.41, 5.74) is 0. The minimum atomic E-state index is 0.223. The van der Waals surface area contributed by atoms with Gasteiger partial charge in [-0.2, -0.15) is 0 Å². The number of hydrogen-bond acceptors (Lipinski definition) is 4. The fourth-order valence-electron chi connectivity index (χ4n) is 1.59. The Balaban J connectivity index is 1.72. The minimum Gasteiger partial charge on any atom is -0.395 e. The summed E-state index contributed by atoms with van der Waals surface area (Å²) < 4.78 is 1.04. The maximum atomic E-state index is 9.26. The second kappa shape index (κ2) is 6.73. The predicted molar refractivity (Wildman–Crippen MR) is 74.3 cm³/mol. The zero-order valence-corrected chi connectivity index (χ0v) is 12.0. The Hall–Kier alpha value is -0.100. The van der Waals surface area contributed by atoms with Crippen molar-refractivity contribution in [2.75, 3.05) is 12.4 Å². The third-order valence-corrected chi connectivity index (χ3v) is 4.64. The van der Waals surface area contributed by atoms with E-state index in [4.69, 9.17) is 0 Å². The van der Waals surface area contributed by atoms with E-state index in [-0.39, 0.29) is 12.6 Å². The molecule has 0 spiro atoms. The molecule has 1 aromatic heterocycles. The highest BCUT2D eigenvalue weighted by atomic mass is 79.9. The van der Waals surface area contributed by atoms with E-state index < -0.39 is 0 Å². The van der Waals surface area contributed by atoms with E-state index in [1.807, 2.05) is 12.1 Å². The van der Waals surface area contributed by atoms with Crippen LogP contribution in [0.25, 0.3) is 0 Å². The van der Waals surface area contributed by atoms with Crippen LogP contribution < -0.4 is 5.32 Å². The molecule has 0 radical (unpaired) electrons. The highest BCUT2D eigenvalue weighted by Crippen LogP contribution is 2.26. The second-order valence-electron chi connectivity index (χ2n) is 4.25. The number of aliphatic hydroxyl groups is 1. The SMILES string of the molecule is OCC(CCSc1ncccc1Br)NC1CC1. The van der Waals surface area contributed by atoms with Gasteiger partial charge in [-0.05, 0) is 47.3 Å². The van der Waals surface area contributed by atoms with Gasteiger partial charge in [0.15, 0.2) is 0 Å². The summed E-state index contributed by atoms with van der Waals surface area (Å²) in [6, 6.07) is 4.80. The van der Waals surface area contributed by atoms with Crippen LogP contribution in [0.5, 0.6) is 0 Å². The van der Waals surface area contributed by atoms with Gasteiger partial charge in [0, 0.05) is 28.5 Å². The minimum absolute atomic E-state index is 0.223. The summed E-state index contributed by atoms with van der Waals surface area (Å²) in [5, 5.41) is 13.7. The summed E-state index contributed by atoms with van der Waals surface area (Å²) in [6.45, 7) is 0.223. The van der Waals surface area contributed by atoms with E-state index in [1.165, 1.54) is 12.8 Å². The molecule has 94 valence electrons. The molecular weight excluding hydrogens is 300 g/mol. The van der Waals surface area contributed by atoms with Gasteiger partial charge >= 0.3 is 0 Å². The third kappa shape index (κ3) is 4.58. The van der Waals surface area contributed by atoms with Crippen molar-refractivity contribution in [2.45, 2.75) is 36.4 Å². The molecule has 0 amide bonds. The number of rotatable bonds is 7. The number of nitrogens with one attached hydrogen (secondary N) is 1. The monoisotopic (exact) mass is 316 g/mol. The molecule has 2 rings (SSSR count). The van der Waals surface area contributed by atoms with Crippen LogP contribution in [-0.2, 0) is 0 Å². The number of thioether (sulfide) groups is 1. The van der Waals surface area contributed by atoms with Crippen molar-refractivity contribution in [3.8, 4) is 0 Å². The third-order valence-electron chi connectivity index (χ3n) is 2.70. The topological polar surface area (TPSA) is 45.2 Å². The quantitative estimate of drug-likeness (QED) is 0.758. The molecule has 3 nitrogen and oxygen atoms in total. The summed E-state index contributed by atoms with van der Waals surface area (Å²) in [7, 11) is 0. The van der Waals surface area contributed by atoms with Crippen LogP contribution in [0.15, 0.2) is 27.8 Å². The van der Waals surface area contributed by atoms with Crippen molar-refractivity contribution < 1.29 is 5.11 Å². The molecule has 1 atom stereocenters. The number of nitrogens with zero attached hydrogens (tertiary/aromatic N) is 1. The smallest absolute Gasteiger partial charge is 0.110 e. The first-order valence-electron chi connectivity index (χ1n) is 5.90. The molecular formula is C12H17BrN2OS. The van der Waals surface area contributed by atoms with Gasteiger partial charge in [-0.25, -0.2) is 4.98 Å². The maximum absolute atomic E-state index is 9.26. The van der Waals surface area contributed by atoms with Crippen molar-refractivity contribution in [3.05, 3.63) is 22.8 Å². The molecule has 1 unspecified atom stereocenters. The average molecular weight is 317 g/mol. The van der Waals surface area contributed by atoms with Gasteiger partial charge in [0.1, 0.15) is 5.03 Å². The van der Waals surface area contributed by atoms with Crippen LogP contribution >= 0.6 is 27.7 Å². The molecule has 2 N–H and O–H groups in total. The fraction of sp³-hybridized carbons (Fsp3) is 0.583. The lowest BCUT2D eigenvalue weighted by Gasteiger charge is -2.15. The molecule has 0 aromatic carbocycles. The first-order valence-corrected chi connectivity index (χ1v) is 7.67. The standard InChI is InChI=1S/C12H17BrN2OS/c13-11-2-1-6-14-12(11)17-7-5-10(8-16)15-9-3-4-9/h1-2,6,9-10,15-16H,3-5,7-8H2. The van der Waals surface area contributed by atoms with E-state index >= 15 is 0 Å². The van der Waals surface area contributed by atoms with Crippen LogP contribution in [0.4, 0.5) is 0 Å². The second-order valence-corrected chi connectivity index (χ2v) is 6.19. The lowest BCUT2D eigenvalue weighted by Crippen LogP contribution is -2.34. The van der Waals surface area contributed by atoms with Crippen molar-refractivity contribution in [1.82, 2.24) is 10.3 Å². The number of aromatic nitrogens is 1. The molecule has 1 heterocycles. The average Bonchev–Trinajstić information content (AvgIpc) is 3.14. The van der Waals surface area contributed by atoms with Gasteiger partial charge in [-0.15, -0.1) is 11.8 Å². The van der Waals surface area contributed by atoms with Gasteiger partial charge in [0.2, 0.25) is 0 Å². The highest BCUT2D eigenvalue weighted by molar-refractivity contribution is 9.10. The van der Waals surface area contributed by atoms with Gasteiger partial charge in [0.05, 0.1) is 6.61 Å². The van der Waals surface area contributed by atoms with Gasteiger partial charge in [0.25, 0.3) is 0 Å². The first kappa shape index (κ1) is 13.3. The van der Waals surface area contributed by atoms with E-state index in [9.17, 15) is 5.11 Å². The number of pyridine rings is 1. The molecule has 1 aromatic rings. The molecule has 0 bridgehead atoms. The van der Waals surface area contributed by atoms with Gasteiger partial charge in [-0.1, -0.05) is 0 Å². The molecule has 5 heteroatoms. The van der Waals surface area contributed by atoms with Crippen molar-refractivity contribution in [3.63, 3.8) is 0 Å². The van der Waals surface area contributed by atoms with Crippen LogP contribution in [0, 0.1) is 0 Å². The summed E-state index contributed by atoms with van der Waals surface area (Å²) in [5.74, 6) is 0.973. The summed E-state index contributed by atoms with van der Waals surface area (Å²) in [6.07, 6.45) is 5.30. The molecule has 0 saturated heterocycles. The lowest BCUT2D eigenvalue weighted by molar-refractivity contribution is 0.239. The van der Waals surface area contributed by atoms with Crippen LogP contribution in [-0.4, -0.2) is 34.5 Å². The van der Waals surface area contributed by atoms with Crippen molar-refractivity contribution in [2.24, 2.45) is 0 Å². The fourth-order valence-corrected chi connectivity index (χ4v) is 3.12. The molecule has 0 aliphatic heterocycles. The Kier molecular flexibility index (Phi) is 5.28. The number of aliphatic hydroxyl groups excluding tert-OH is 1. The number of halogens is 1. The lowest BCUT2D eigenvalue weighted by atomic mass is 10.2. The Labute approximate surface area is 115 Å². The van der Waals surface area contributed by atoms with E-state index in [2.05, 4.69) is 26.2 Å². The predicted octanol–water partition coefficient (Wildman–Crippen LogP) is 2.44. The molecule has 17 heavy (non-hydrogen) atoms. The first-order chi connectivity index (χ1) is 8.29. The molecule has 1 aliphatic rings. The largest absolute Gasteiger partial charge is 0.395 e. The normalized spacial score (nSPS) is 17.1. The zero-order valence-electron chi connectivity index (χ0n) is 9.60. The van der Waals surface area contributed by atoms with Crippen LogP contribution in [0.3, 0.4) is 0 Å². The molecule has 1 aliphatic carbocycles. The number of hydrogen-bond donors (Lipinski definition) is 2. The van der Waals surface area contributed by atoms with E-state index in [1.54, 1.807) is 18.0 Å². The Morgan fingerprint density at radius 3 is 3.06 bits per heavy atom. The summed E-state index contributed by atoms with van der Waals surface area (Å²) >= 11 is 5.21. The zero-order chi connectivity index (χ0) is 12.1. The van der Waals surface area contributed by atoms with Gasteiger partial charge in [-0.3, -0.25) is 0 Å². The van der Waals surface area contributed by atoms with Crippen molar-refractivity contribution >= 4 is 27.7 Å². The Morgan fingerprint density at radius 2 is 2.41 bits per heavy atom. The molecule has 1 saturated carbocycles. The Bertz CT molecular complexity index is 360. The van der Waals surface area contributed by atoms with Crippen molar-refractivity contribution in [1.29, 1.82) is 0 Å². The van der Waals surface area contributed by atoms with Crippen LogP contribution in [0.1, 0.15) is 19.3 Å². The maximum Gasteiger partial charge on any atom is 0.110 e. The Morgan fingerprint density at radius 1 is 1.59 bits per heavy atom. The van der Waals surface area contributed by atoms with E-state index in [0.717, 1.165) is 21.7 Å².